The number of quaternary nitrogens is 1. The molecule has 3 nitrogen and oxygen atoms in total. The fourth-order valence-electron chi connectivity index (χ4n) is 7.62. The molecule has 4 aliphatic rings. The highest BCUT2D eigenvalue weighted by atomic mass is 79.9. The first kappa shape index (κ1) is 28.9. The molecule has 2 bridgehead atoms. The van der Waals surface area contributed by atoms with Crippen LogP contribution in [0.4, 0.5) is 0 Å². The zero-order valence-electron chi connectivity index (χ0n) is 22.3. The molecular formula is C31H39Br2Cl2N2O+. The van der Waals surface area contributed by atoms with Crippen LogP contribution in [0.2, 0.25) is 10.0 Å². The number of hydrogen-bond donors (Lipinski definition) is 0. The summed E-state index contributed by atoms with van der Waals surface area (Å²) in [7, 11) is 1.91. The smallest absolute Gasteiger partial charge is 0.253 e. The second-order valence-electron chi connectivity index (χ2n) is 12.2. The van der Waals surface area contributed by atoms with Gasteiger partial charge < -0.3 is 9.38 Å². The van der Waals surface area contributed by atoms with E-state index in [1.165, 1.54) is 81.0 Å². The number of carbonyl (C=O) groups is 1. The van der Waals surface area contributed by atoms with Gasteiger partial charge in [-0.3, -0.25) is 4.79 Å². The van der Waals surface area contributed by atoms with Crippen molar-refractivity contribution in [1.29, 1.82) is 0 Å². The van der Waals surface area contributed by atoms with Crippen LogP contribution in [0.15, 0.2) is 45.3 Å². The van der Waals surface area contributed by atoms with E-state index in [1.807, 2.05) is 42.3 Å². The van der Waals surface area contributed by atoms with Gasteiger partial charge in [0.05, 0.1) is 36.2 Å². The van der Waals surface area contributed by atoms with Gasteiger partial charge in [-0.2, -0.15) is 0 Å². The normalized spacial score (nSPS) is 26.3. The lowest BCUT2D eigenvalue weighted by Gasteiger charge is -2.58. The minimum absolute atomic E-state index is 0.0253. The van der Waals surface area contributed by atoms with E-state index in [0.29, 0.717) is 27.6 Å². The zero-order chi connectivity index (χ0) is 26.9. The van der Waals surface area contributed by atoms with Crippen molar-refractivity contribution in [2.45, 2.75) is 63.7 Å². The Morgan fingerprint density at radius 1 is 0.974 bits per heavy atom. The Morgan fingerprint density at radius 2 is 1.61 bits per heavy atom. The lowest BCUT2D eigenvalue weighted by molar-refractivity contribution is -0.946. The number of benzene rings is 2. The first-order valence-electron chi connectivity index (χ1n) is 14.2. The van der Waals surface area contributed by atoms with Crippen LogP contribution < -0.4 is 0 Å². The van der Waals surface area contributed by atoms with Crippen LogP contribution in [0.5, 0.6) is 0 Å². The van der Waals surface area contributed by atoms with Gasteiger partial charge in [0, 0.05) is 59.7 Å². The Labute approximate surface area is 255 Å². The van der Waals surface area contributed by atoms with Crippen molar-refractivity contribution < 1.29 is 9.28 Å². The minimum Gasteiger partial charge on any atom is -0.341 e. The first-order chi connectivity index (χ1) is 18.2. The third-order valence-electron chi connectivity index (χ3n) is 10.0. The van der Waals surface area contributed by atoms with Crippen molar-refractivity contribution >= 4 is 61.0 Å². The molecule has 0 radical (unpaired) electrons. The summed E-state index contributed by atoms with van der Waals surface area (Å²) >= 11 is 19.8. The van der Waals surface area contributed by atoms with Crippen LogP contribution in [0.1, 0.15) is 79.6 Å². The number of fused-ring (bicyclic) bond motifs is 3. The molecule has 1 amide bonds. The lowest BCUT2D eigenvalue weighted by Crippen LogP contribution is -2.63. The maximum atomic E-state index is 13.4. The molecule has 3 heterocycles. The molecular weight excluding hydrogens is 647 g/mol. The summed E-state index contributed by atoms with van der Waals surface area (Å²) in [6.07, 6.45) is 12.5. The number of halogens is 4. The van der Waals surface area contributed by atoms with Gasteiger partial charge in [0.25, 0.3) is 5.91 Å². The zero-order valence-corrected chi connectivity index (χ0v) is 27.0. The first-order valence-corrected chi connectivity index (χ1v) is 16.5. The molecule has 1 unspecified atom stereocenters. The number of rotatable bonds is 8. The van der Waals surface area contributed by atoms with Crippen LogP contribution in [0.25, 0.3) is 0 Å². The molecule has 38 heavy (non-hydrogen) atoms. The summed E-state index contributed by atoms with van der Waals surface area (Å²) in [5, 5.41) is 1.16. The minimum atomic E-state index is 0.0253. The predicted molar refractivity (Wildman–Crippen MR) is 165 cm³/mol. The van der Waals surface area contributed by atoms with E-state index in [-0.39, 0.29) is 11.8 Å². The summed E-state index contributed by atoms with van der Waals surface area (Å²) in [5.74, 6) is 1.20. The molecule has 2 aromatic carbocycles. The lowest BCUT2D eigenvalue weighted by atomic mass is 9.59. The Balaban J connectivity index is 1.29. The maximum Gasteiger partial charge on any atom is 0.253 e. The Bertz CT molecular complexity index is 1120. The molecule has 3 saturated heterocycles. The van der Waals surface area contributed by atoms with Gasteiger partial charge in [-0.25, -0.2) is 0 Å². The van der Waals surface area contributed by atoms with Crippen LogP contribution in [-0.2, 0) is 0 Å². The van der Waals surface area contributed by atoms with Crippen molar-refractivity contribution in [2.24, 2.45) is 11.3 Å². The van der Waals surface area contributed by atoms with Crippen molar-refractivity contribution in [3.63, 3.8) is 0 Å². The average molecular weight is 686 g/mol. The van der Waals surface area contributed by atoms with E-state index in [1.54, 1.807) is 0 Å². The molecule has 6 rings (SSSR count). The van der Waals surface area contributed by atoms with Crippen molar-refractivity contribution in [3.8, 4) is 0 Å². The van der Waals surface area contributed by atoms with Crippen molar-refractivity contribution in [2.75, 3.05) is 39.8 Å². The quantitative estimate of drug-likeness (QED) is 0.254. The Morgan fingerprint density at radius 3 is 2.21 bits per heavy atom. The number of carbonyl (C=O) groups excluding carboxylic acids is 1. The van der Waals surface area contributed by atoms with Crippen LogP contribution in [0, 0.1) is 11.3 Å². The third-order valence-corrected chi connectivity index (χ3v) is 11.7. The molecule has 7 heteroatoms. The molecule has 0 spiro atoms. The maximum absolute atomic E-state index is 13.4. The van der Waals surface area contributed by atoms with E-state index in [0.717, 1.165) is 27.8 Å². The molecule has 1 aliphatic carbocycles. The Kier molecular flexibility index (Phi) is 9.21. The van der Waals surface area contributed by atoms with E-state index in [9.17, 15) is 4.79 Å². The van der Waals surface area contributed by atoms with E-state index < -0.39 is 0 Å². The standard InChI is InChI=1S/C31H39Br2Cl2N2O/c1-36(30(38)24-17-26(32)20-27(33)18-24)21-23(22-7-8-28(34)29(35)19-22)9-13-37-14-10-31(11-15-37,12-16-37)25-5-3-2-4-6-25/h7-8,17-20,23,25H,2-6,9-16,21H2,1H3/q+1. The molecule has 0 aromatic heterocycles. The summed E-state index contributed by atoms with van der Waals surface area (Å²) < 4.78 is 3.03. The topological polar surface area (TPSA) is 20.3 Å². The summed E-state index contributed by atoms with van der Waals surface area (Å²) in [6, 6.07) is 11.7. The number of amides is 1. The van der Waals surface area contributed by atoms with E-state index in [4.69, 9.17) is 23.2 Å². The molecule has 1 atom stereocenters. The molecule has 0 N–H and O–H groups in total. The molecule has 2 aromatic rings. The summed E-state index contributed by atoms with van der Waals surface area (Å²) in [5.41, 5.74) is 2.47. The summed E-state index contributed by atoms with van der Waals surface area (Å²) in [6.45, 7) is 5.78. The predicted octanol–water partition coefficient (Wildman–Crippen LogP) is 9.35. The molecule has 3 aliphatic heterocycles. The van der Waals surface area contributed by atoms with Crippen LogP contribution in [-0.4, -0.2) is 55.1 Å². The number of piperidine rings is 3. The largest absolute Gasteiger partial charge is 0.341 e. The van der Waals surface area contributed by atoms with Gasteiger partial charge >= 0.3 is 0 Å². The molecule has 4 fully saturated rings. The van der Waals surface area contributed by atoms with E-state index in [2.05, 4.69) is 37.9 Å². The third kappa shape index (κ3) is 6.33. The van der Waals surface area contributed by atoms with E-state index >= 15 is 0 Å². The average Bonchev–Trinajstić information content (AvgIpc) is 2.93. The van der Waals surface area contributed by atoms with Crippen LogP contribution in [0.3, 0.4) is 0 Å². The van der Waals surface area contributed by atoms with Gasteiger partial charge in [-0.15, -0.1) is 0 Å². The molecule has 206 valence electrons. The van der Waals surface area contributed by atoms with Crippen molar-refractivity contribution in [3.05, 3.63) is 66.5 Å². The fourth-order valence-corrected chi connectivity index (χ4v) is 9.22. The highest BCUT2D eigenvalue weighted by molar-refractivity contribution is 9.11. The highest BCUT2D eigenvalue weighted by Gasteiger charge is 2.52. The van der Waals surface area contributed by atoms with Gasteiger partial charge in [0.2, 0.25) is 0 Å². The van der Waals surface area contributed by atoms with Crippen molar-refractivity contribution in [1.82, 2.24) is 4.90 Å². The summed E-state index contributed by atoms with van der Waals surface area (Å²) in [4.78, 5) is 15.3. The second kappa shape index (κ2) is 12.1. The van der Waals surface area contributed by atoms with Gasteiger partial charge in [0.15, 0.2) is 0 Å². The SMILES string of the molecule is CN(CC(CC[N+]12CCC(C3CCCCC3)(CC1)CC2)c1ccc(Cl)c(Cl)c1)C(=O)c1cc(Br)cc(Br)c1. The monoisotopic (exact) mass is 683 g/mol. The molecule has 1 saturated carbocycles. The number of nitrogens with zero attached hydrogens (tertiary/aromatic N) is 2. The highest BCUT2D eigenvalue weighted by Crippen LogP contribution is 2.53. The van der Waals surface area contributed by atoms with Gasteiger partial charge in [0.1, 0.15) is 0 Å². The van der Waals surface area contributed by atoms with Gasteiger partial charge in [-0.1, -0.05) is 80.4 Å². The van der Waals surface area contributed by atoms with Gasteiger partial charge in [-0.05, 0) is 60.1 Å². The van der Waals surface area contributed by atoms with Crippen LogP contribution >= 0.6 is 55.1 Å². The Hall–Kier alpha value is -0.590. The number of hydrogen-bond acceptors (Lipinski definition) is 1. The number of likely N-dealkylation sites (N-methyl/N-ethyl adjacent to an activating group) is 1. The second-order valence-corrected chi connectivity index (χ2v) is 14.8. The fraction of sp³-hybridized carbons (Fsp3) is 0.581.